The second-order valence-electron chi connectivity index (χ2n) is 5.96. The number of rotatable bonds is 7. The Labute approximate surface area is 120 Å². The molecule has 1 saturated carbocycles. The molecule has 1 aromatic carbocycles. The minimum atomic E-state index is -0.754. The summed E-state index contributed by atoms with van der Waals surface area (Å²) in [6.07, 6.45) is 2.06. The molecule has 4 nitrogen and oxygen atoms in total. The lowest BCUT2D eigenvalue weighted by molar-refractivity contribution is -0.127. The Morgan fingerprint density at radius 1 is 1.45 bits per heavy atom. The first-order valence-electron chi connectivity index (χ1n) is 7.22. The number of carbonyl (C=O) groups is 1. The molecule has 0 heterocycles. The lowest BCUT2D eigenvalue weighted by Crippen LogP contribution is -2.62. The van der Waals surface area contributed by atoms with Crippen molar-refractivity contribution in [2.24, 2.45) is 11.7 Å². The largest absolute Gasteiger partial charge is 0.491 e. The fourth-order valence-corrected chi connectivity index (χ4v) is 2.62. The van der Waals surface area contributed by atoms with Crippen molar-refractivity contribution in [2.45, 2.75) is 45.2 Å². The molecule has 1 fully saturated rings. The maximum atomic E-state index is 12.0. The van der Waals surface area contributed by atoms with Gasteiger partial charge in [0.1, 0.15) is 17.9 Å². The van der Waals surface area contributed by atoms with Crippen molar-refractivity contribution in [1.29, 1.82) is 0 Å². The van der Waals surface area contributed by atoms with Crippen molar-refractivity contribution in [2.75, 3.05) is 6.61 Å². The third kappa shape index (κ3) is 3.12. The van der Waals surface area contributed by atoms with Crippen LogP contribution >= 0.6 is 0 Å². The number of hydrogen-bond donors (Lipinski definition) is 2. The van der Waals surface area contributed by atoms with Crippen LogP contribution in [0.25, 0.3) is 0 Å². The average Bonchev–Trinajstić information content (AvgIpc) is 3.20. The van der Waals surface area contributed by atoms with Gasteiger partial charge in [0.05, 0.1) is 0 Å². The van der Waals surface area contributed by atoms with Gasteiger partial charge in [-0.3, -0.25) is 10.1 Å². The molecule has 110 valence electrons. The first kappa shape index (κ1) is 14.9. The summed E-state index contributed by atoms with van der Waals surface area (Å²) in [5, 5.41) is 3.34. The maximum absolute atomic E-state index is 12.0. The highest BCUT2D eigenvalue weighted by Crippen LogP contribution is 2.40. The van der Waals surface area contributed by atoms with Gasteiger partial charge in [-0.1, -0.05) is 18.2 Å². The summed E-state index contributed by atoms with van der Waals surface area (Å²) in [5.74, 6) is 0.776. The Bertz CT molecular complexity index is 483. The van der Waals surface area contributed by atoms with E-state index in [0.717, 1.165) is 24.2 Å². The molecule has 1 aliphatic rings. The van der Waals surface area contributed by atoms with Crippen LogP contribution < -0.4 is 15.8 Å². The van der Waals surface area contributed by atoms with Crippen molar-refractivity contribution >= 4 is 5.91 Å². The minimum Gasteiger partial charge on any atom is -0.491 e. The molecule has 1 aromatic rings. The van der Waals surface area contributed by atoms with Crippen molar-refractivity contribution in [3.05, 3.63) is 29.8 Å². The van der Waals surface area contributed by atoms with E-state index in [1.807, 2.05) is 45.0 Å². The Hall–Kier alpha value is -1.55. The van der Waals surface area contributed by atoms with E-state index in [9.17, 15) is 4.79 Å². The molecule has 1 aliphatic carbocycles. The van der Waals surface area contributed by atoms with Crippen LogP contribution in [0.15, 0.2) is 24.3 Å². The van der Waals surface area contributed by atoms with E-state index in [1.165, 1.54) is 0 Å². The first-order chi connectivity index (χ1) is 9.45. The number of carbonyl (C=O) groups excluding carboxylic acids is 1. The summed E-state index contributed by atoms with van der Waals surface area (Å²) in [4.78, 5) is 12.0. The fourth-order valence-electron chi connectivity index (χ4n) is 2.62. The van der Waals surface area contributed by atoms with Gasteiger partial charge in [-0.25, -0.2) is 0 Å². The van der Waals surface area contributed by atoms with Crippen LogP contribution in [0.3, 0.4) is 0 Å². The molecule has 1 amide bonds. The van der Waals surface area contributed by atoms with Crippen LogP contribution in [0.1, 0.15) is 32.3 Å². The molecule has 20 heavy (non-hydrogen) atoms. The van der Waals surface area contributed by atoms with Gasteiger partial charge in [0.25, 0.3) is 0 Å². The third-order valence-corrected chi connectivity index (χ3v) is 3.81. The van der Waals surface area contributed by atoms with Crippen LogP contribution in [0.4, 0.5) is 0 Å². The molecule has 0 aliphatic heterocycles. The summed E-state index contributed by atoms with van der Waals surface area (Å²) < 4.78 is 5.90. The van der Waals surface area contributed by atoms with Gasteiger partial charge in [-0.2, -0.15) is 0 Å². The topological polar surface area (TPSA) is 64.3 Å². The van der Waals surface area contributed by atoms with E-state index in [2.05, 4.69) is 5.32 Å². The minimum absolute atomic E-state index is 0.184. The van der Waals surface area contributed by atoms with Gasteiger partial charge in [0.2, 0.25) is 5.91 Å². The van der Waals surface area contributed by atoms with E-state index >= 15 is 0 Å². The highest BCUT2D eigenvalue weighted by Gasteiger charge is 2.50. The number of para-hydroxylation sites is 1. The Balaban J connectivity index is 2.15. The average molecular weight is 276 g/mol. The van der Waals surface area contributed by atoms with E-state index in [-0.39, 0.29) is 24.5 Å². The zero-order chi connectivity index (χ0) is 14.8. The number of aryl methyl sites for hydroxylation is 1. The van der Waals surface area contributed by atoms with Crippen LogP contribution in [0.2, 0.25) is 0 Å². The van der Waals surface area contributed by atoms with Gasteiger partial charge in [0.15, 0.2) is 0 Å². The predicted octanol–water partition coefficient (Wildman–Crippen LogP) is 2.01. The predicted molar refractivity (Wildman–Crippen MR) is 79.6 cm³/mol. The van der Waals surface area contributed by atoms with Crippen LogP contribution in [-0.4, -0.2) is 24.1 Å². The van der Waals surface area contributed by atoms with Crippen LogP contribution in [0.5, 0.6) is 5.75 Å². The molecule has 0 aromatic heterocycles. The zero-order valence-electron chi connectivity index (χ0n) is 12.5. The third-order valence-electron chi connectivity index (χ3n) is 3.81. The molecule has 1 unspecified atom stereocenters. The molecule has 0 bridgehead atoms. The Kier molecular flexibility index (Phi) is 4.33. The number of primary amides is 1. The van der Waals surface area contributed by atoms with Gasteiger partial charge in [0, 0.05) is 6.04 Å². The smallest absolute Gasteiger partial charge is 0.241 e. The second-order valence-corrected chi connectivity index (χ2v) is 5.96. The SMILES string of the molecule is Cc1ccccc1OCC(NC(C)C)(C(N)=O)C1CC1. The molecule has 3 N–H and O–H groups in total. The lowest BCUT2D eigenvalue weighted by Gasteiger charge is -2.34. The first-order valence-corrected chi connectivity index (χ1v) is 7.22. The number of nitrogens with one attached hydrogen (secondary N) is 1. The summed E-state index contributed by atoms with van der Waals surface area (Å²) in [6, 6.07) is 8.00. The van der Waals surface area contributed by atoms with Gasteiger partial charge in [-0.15, -0.1) is 0 Å². The molecule has 0 spiro atoms. The highest BCUT2D eigenvalue weighted by molar-refractivity contribution is 5.86. The summed E-state index contributed by atoms with van der Waals surface area (Å²) >= 11 is 0. The quantitative estimate of drug-likeness (QED) is 0.800. The van der Waals surface area contributed by atoms with E-state index < -0.39 is 5.54 Å². The summed E-state index contributed by atoms with van der Waals surface area (Å²) in [6.45, 7) is 6.33. The lowest BCUT2D eigenvalue weighted by atomic mass is 9.92. The van der Waals surface area contributed by atoms with E-state index in [1.54, 1.807) is 0 Å². The van der Waals surface area contributed by atoms with Crippen molar-refractivity contribution < 1.29 is 9.53 Å². The Morgan fingerprint density at radius 2 is 2.10 bits per heavy atom. The molecule has 0 radical (unpaired) electrons. The number of hydrogen-bond acceptors (Lipinski definition) is 3. The molecular weight excluding hydrogens is 252 g/mol. The van der Waals surface area contributed by atoms with E-state index in [0.29, 0.717) is 0 Å². The Morgan fingerprint density at radius 3 is 2.60 bits per heavy atom. The summed E-state index contributed by atoms with van der Waals surface area (Å²) in [5.41, 5.74) is 5.99. The molecule has 2 rings (SSSR count). The number of ether oxygens (including phenoxy) is 1. The summed E-state index contributed by atoms with van der Waals surface area (Å²) in [7, 11) is 0. The van der Waals surface area contributed by atoms with Crippen molar-refractivity contribution in [1.82, 2.24) is 5.32 Å². The molecule has 1 atom stereocenters. The maximum Gasteiger partial charge on any atom is 0.241 e. The second kappa shape index (κ2) is 5.83. The van der Waals surface area contributed by atoms with Gasteiger partial charge >= 0.3 is 0 Å². The number of amides is 1. The number of benzene rings is 1. The van der Waals surface area contributed by atoms with Crippen molar-refractivity contribution in [3.8, 4) is 5.75 Å². The van der Waals surface area contributed by atoms with Crippen molar-refractivity contribution in [3.63, 3.8) is 0 Å². The molecule has 4 heteroatoms. The highest BCUT2D eigenvalue weighted by atomic mass is 16.5. The van der Waals surface area contributed by atoms with Gasteiger partial charge in [-0.05, 0) is 51.2 Å². The van der Waals surface area contributed by atoms with Gasteiger partial charge < -0.3 is 10.5 Å². The molecule has 0 saturated heterocycles. The zero-order valence-corrected chi connectivity index (χ0v) is 12.5. The monoisotopic (exact) mass is 276 g/mol. The standard InChI is InChI=1S/C16H24N2O2/c1-11(2)18-16(15(17)19,13-8-9-13)10-20-14-7-5-4-6-12(14)3/h4-7,11,13,18H,8-10H2,1-3H3,(H2,17,19). The van der Waals surface area contributed by atoms with E-state index in [4.69, 9.17) is 10.5 Å². The molecular formula is C16H24N2O2. The van der Waals surface area contributed by atoms with Crippen LogP contribution in [0, 0.1) is 12.8 Å². The number of nitrogens with two attached hydrogens (primary N) is 1. The fraction of sp³-hybridized carbons (Fsp3) is 0.562. The van der Waals surface area contributed by atoms with Crippen LogP contribution in [-0.2, 0) is 4.79 Å². The normalized spacial score (nSPS) is 17.8.